The van der Waals surface area contributed by atoms with Crippen LogP contribution in [0.15, 0.2) is 0 Å². The van der Waals surface area contributed by atoms with Gasteiger partial charge in [-0.15, -0.1) is 0 Å². The summed E-state index contributed by atoms with van der Waals surface area (Å²) < 4.78 is 5.61. The number of halogens is 2. The molecule has 2 rings (SSSR count). The van der Waals surface area contributed by atoms with Crippen molar-refractivity contribution >= 4 is 23.2 Å². The number of aliphatic hydroxyl groups excluding tert-OH is 1. The first-order valence-corrected chi connectivity index (χ1v) is 7.64. The van der Waals surface area contributed by atoms with Crippen LogP contribution in [-0.4, -0.2) is 33.3 Å². The summed E-state index contributed by atoms with van der Waals surface area (Å²) in [7, 11) is 0. The van der Waals surface area contributed by atoms with E-state index in [1.807, 2.05) is 0 Å². The molecular weight excluding hydrogens is 301 g/mol. The van der Waals surface area contributed by atoms with Gasteiger partial charge in [-0.3, -0.25) is 0 Å². The lowest BCUT2D eigenvalue weighted by molar-refractivity contribution is 0.179. The summed E-state index contributed by atoms with van der Waals surface area (Å²) in [4.78, 5) is 11.5. The Morgan fingerprint density at radius 2 is 1.75 bits per heavy atom. The highest BCUT2D eigenvalue weighted by molar-refractivity contribution is 6.31. The molecule has 112 valence electrons. The van der Waals surface area contributed by atoms with Crippen LogP contribution in [0.5, 0.6) is 6.01 Å². The molecule has 1 aliphatic carbocycles. The van der Waals surface area contributed by atoms with E-state index in [2.05, 4.69) is 21.9 Å². The van der Waals surface area contributed by atoms with Crippen LogP contribution in [0, 0.1) is 17.8 Å². The molecule has 1 aliphatic rings. The van der Waals surface area contributed by atoms with Gasteiger partial charge in [0, 0.05) is 6.61 Å². The van der Waals surface area contributed by atoms with Crippen LogP contribution in [0.2, 0.25) is 10.6 Å². The predicted octanol–water partition coefficient (Wildman–Crippen LogP) is 2.99. The van der Waals surface area contributed by atoms with E-state index in [-0.39, 0.29) is 23.2 Å². The number of rotatable bonds is 4. The summed E-state index contributed by atoms with van der Waals surface area (Å²) in [5.74, 6) is 1.41. The highest BCUT2D eigenvalue weighted by Crippen LogP contribution is 2.31. The number of hydrogen-bond acceptors (Lipinski definition) is 5. The van der Waals surface area contributed by atoms with E-state index in [4.69, 9.17) is 27.9 Å². The molecule has 1 aromatic heterocycles. The van der Waals surface area contributed by atoms with Gasteiger partial charge >= 0.3 is 6.01 Å². The average molecular weight is 320 g/mol. The van der Waals surface area contributed by atoms with Gasteiger partial charge < -0.3 is 9.84 Å². The van der Waals surface area contributed by atoms with Gasteiger partial charge in [-0.25, -0.2) is 0 Å². The molecule has 0 aliphatic heterocycles. The Balaban J connectivity index is 1.92. The maximum atomic E-state index is 9.27. The molecule has 0 aromatic carbocycles. The summed E-state index contributed by atoms with van der Waals surface area (Å²) >= 11 is 11.4. The molecule has 0 unspecified atom stereocenters. The van der Waals surface area contributed by atoms with Gasteiger partial charge in [0.25, 0.3) is 0 Å². The van der Waals surface area contributed by atoms with Crippen molar-refractivity contribution in [2.45, 2.75) is 32.6 Å². The third-order valence-corrected chi connectivity index (χ3v) is 4.36. The molecule has 3 atom stereocenters. The molecular formula is C13H19Cl2N3O2. The second-order valence-electron chi connectivity index (χ2n) is 5.41. The van der Waals surface area contributed by atoms with Gasteiger partial charge in [0.15, 0.2) is 0 Å². The summed E-state index contributed by atoms with van der Waals surface area (Å²) in [6.07, 6.45) is 4.27. The van der Waals surface area contributed by atoms with Crippen LogP contribution in [0.25, 0.3) is 0 Å². The van der Waals surface area contributed by atoms with Crippen molar-refractivity contribution in [3.63, 3.8) is 0 Å². The quantitative estimate of drug-likeness (QED) is 0.864. The molecule has 20 heavy (non-hydrogen) atoms. The van der Waals surface area contributed by atoms with Crippen LogP contribution in [-0.2, 0) is 0 Å². The minimum Gasteiger partial charge on any atom is -0.463 e. The molecule has 5 nitrogen and oxygen atoms in total. The summed E-state index contributed by atoms with van der Waals surface area (Å²) in [6, 6.07) is 0.171. The Morgan fingerprint density at radius 3 is 2.40 bits per heavy atom. The van der Waals surface area contributed by atoms with Crippen LogP contribution in [0.4, 0.5) is 0 Å². The zero-order valence-corrected chi connectivity index (χ0v) is 12.9. The lowest BCUT2D eigenvalue weighted by atomic mass is 9.90. The molecule has 0 radical (unpaired) electrons. The second kappa shape index (κ2) is 7.38. The zero-order valence-electron chi connectivity index (χ0n) is 11.4. The number of hydrogen-bond donors (Lipinski definition) is 1. The largest absolute Gasteiger partial charge is 0.463 e. The zero-order chi connectivity index (χ0) is 14.5. The molecule has 7 heteroatoms. The fourth-order valence-corrected chi connectivity index (χ4v) is 2.95. The normalized spacial score (nSPS) is 27.1. The summed E-state index contributed by atoms with van der Waals surface area (Å²) in [6.45, 7) is 3.04. The van der Waals surface area contributed by atoms with E-state index in [0.29, 0.717) is 24.4 Å². The summed E-state index contributed by atoms with van der Waals surface area (Å²) in [5.41, 5.74) is 0. The molecule has 0 spiro atoms. The minimum atomic E-state index is 0.0364. The van der Waals surface area contributed by atoms with Crippen molar-refractivity contribution < 1.29 is 9.84 Å². The lowest BCUT2D eigenvalue weighted by Gasteiger charge is -2.20. The molecule has 0 bridgehead atoms. The van der Waals surface area contributed by atoms with Crippen molar-refractivity contribution in [1.29, 1.82) is 0 Å². The Kier molecular flexibility index (Phi) is 5.81. The monoisotopic (exact) mass is 319 g/mol. The number of ether oxygens (including phenoxy) is 1. The van der Waals surface area contributed by atoms with Gasteiger partial charge in [-0.1, -0.05) is 6.92 Å². The number of aliphatic hydroxyl groups is 1. The van der Waals surface area contributed by atoms with Crippen molar-refractivity contribution in [2.24, 2.45) is 17.8 Å². The molecule has 1 N–H and O–H groups in total. The van der Waals surface area contributed by atoms with E-state index >= 15 is 0 Å². The minimum absolute atomic E-state index is 0.0364. The van der Waals surface area contributed by atoms with Crippen molar-refractivity contribution in [2.75, 3.05) is 13.2 Å². The first-order chi connectivity index (χ1) is 9.58. The Bertz CT molecular complexity index is 427. The molecule has 0 amide bonds. The number of nitrogens with zero attached hydrogens (tertiary/aromatic N) is 3. The molecule has 1 heterocycles. The first kappa shape index (κ1) is 15.7. The molecule has 1 saturated carbocycles. The first-order valence-electron chi connectivity index (χ1n) is 6.89. The smallest absolute Gasteiger partial charge is 0.322 e. The van der Waals surface area contributed by atoms with E-state index in [1.165, 1.54) is 0 Å². The van der Waals surface area contributed by atoms with Crippen LogP contribution >= 0.6 is 23.2 Å². The standard InChI is InChI=1S/C13H19Cl2N3O2/c1-8-2-3-9(6-19)4-5-10(8)7-20-13-17-11(14)16-12(15)18-13/h8-10,19H,2-7H2,1H3/t8-,9-,10-/m1/s1. The van der Waals surface area contributed by atoms with Gasteiger partial charge in [-0.05, 0) is 66.6 Å². The Labute approximate surface area is 128 Å². The predicted molar refractivity (Wildman–Crippen MR) is 77.0 cm³/mol. The highest BCUT2D eigenvalue weighted by Gasteiger charge is 2.25. The van der Waals surface area contributed by atoms with Crippen LogP contribution < -0.4 is 4.74 Å². The summed E-state index contributed by atoms with van der Waals surface area (Å²) in [5, 5.41) is 9.34. The molecule has 1 fully saturated rings. The maximum Gasteiger partial charge on any atom is 0.322 e. The Hall–Kier alpha value is -0.650. The average Bonchev–Trinajstić information content (AvgIpc) is 2.57. The Morgan fingerprint density at radius 1 is 1.10 bits per heavy atom. The topological polar surface area (TPSA) is 68.1 Å². The fourth-order valence-electron chi connectivity index (χ4n) is 2.60. The number of aromatic nitrogens is 3. The van der Waals surface area contributed by atoms with Crippen molar-refractivity contribution in [3.8, 4) is 6.01 Å². The maximum absolute atomic E-state index is 9.27. The van der Waals surface area contributed by atoms with Gasteiger partial charge in [0.1, 0.15) is 0 Å². The molecule has 0 saturated heterocycles. The van der Waals surface area contributed by atoms with Crippen molar-refractivity contribution in [3.05, 3.63) is 10.6 Å². The lowest BCUT2D eigenvalue weighted by Crippen LogP contribution is -2.19. The van der Waals surface area contributed by atoms with Gasteiger partial charge in [0.2, 0.25) is 10.6 Å². The van der Waals surface area contributed by atoms with E-state index in [0.717, 1.165) is 25.7 Å². The fraction of sp³-hybridized carbons (Fsp3) is 0.769. The van der Waals surface area contributed by atoms with Gasteiger partial charge in [0.05, 0.1) is 6.61 Å². The van der Waals surface area contributed by atoms with Crippen molar-refractivity contribution in [1.82, 2.24) is 15.0 Å². The SMILES string of the molecule is C[C@@H]1CC[C@@H](CO)CC[C@@H]1COc1nc(Cl)nc(Cl)n1. The van der Waals surface area contributed by atoms with Gasteiger partial charge in [-0.2, -0.15) is 15.0 Å². The third kappa shape index (κ3) is 4.43. The van der Waals surface area contributed by atoms with E-state index in [9.17, 15) is 5.11 Å². The highest BCUT2D eigenvalue weighted by atomic mass is 35.5. The third-order valence-electron chi connectivity index (χ3n) is 4.03. The molecule has 1 aromatic rings. The second-order valence-corrected chi connectivity index (χ2v) is 6.08. The van der Waals surface area contributed by atoms with Crippen LogP contribution in [0.3, 0.4) is 0 Å². The van der Waals surface area contributed by atoms with Crippen LogP contribution in [0.1, 0.15) is 32.6 Å². The van der Waals surface area contributed by atoms with E-state index < -0.39 is 0 Å². The van der Waals surface area contributed by atoms with E-state index in [1.54, 1.807) is 0 Å².